The molecule has 0 unspecified atom stereocenters. The van der Waals surface area contributed by atoms with Gasteiger partial charge in [0.1, 0.15) is 6.54 Å². The smallest absolute Gasteiger partial charge is 0.325 e. The fourth-order valence-corrected chi connectivity index (χ4v) is 3.12. The summed E-state index contributed by atoms with van der Waals surface area (Å²) in [7, 11) is 0. The summed E-state index contributed by atoms with van der Waals surface area (Å²) >= 11 is 0. The second-order valence-electron chi connectivity index (χ2n) is 7.23. The fraction of sp³-hybridized carbons (Fsp3) is 0.333. The molecule has 0 atom stereocenters. The Morgan fingerprint density at radius 2 is 1.66 bits per heavy atom. The average Bonchev–Trinajstić information content (AvgIpc) is 3.02. The molecule has 2 aromatic rings. The standard InChI is InChI=1S/C21H22F3N3O2/c1-14(2)15-3-9-18(10-4-15)27-12-11-26(20(27)29)13-19(28)25-17-7-5-16(6-8-17)21(22,23)24/h3-10,14H,11-13H2,1-2H3,(H,25,28). The molecule has 3 amide bonds. The molecule has 0 spiro atoms. The van der Waals surface area contributed by atoms with Crippen molar-refractivity contribution in [3.05, 3.63) is 59.7 Å². The first-order valence-electron chi connectivity index (χ1n) is 9.28. The molecule has 0 aliphatic carbocycles. The molecule has 5 nitrogen and oxygen atoms in total. The lowest BCUT2D eigenvalue weighted by molar-refractivity contribution is -0.137. The molecule has 1 saturated heterocycles. The van der Waals surface area contributed by atoms with E-state index in [2.05, 4.69) is 19.2 Å². The zero-order valence-corrected chi connectivity index (χ0v) is 16.2. The van der Waals surface area contributed by atoms with Crippen LogP contribution in [0.5, 0.6) is 0 Å². The van der Waals surface area contributed by atoms with Crippen LogP contribution in [0.25, 0.3) is 0 Å². The quantitative estimate of drug-likeness (QED) is 0.783. The van der Waals surface area contributed by atoms with Gasteiger partial charge in [-0.3, -0.25) is 9.69 Å². The van der Waals surface area contributed by atoms with Crippen molar-refractivity contribution in [2.24, 2.45) is 0 Å². The number of carbonyl (C=O) groups is 2. The summed E-state index contributed by atoms with van der Waals surface area (Å²) < 4.78 is 37.8. The van der Waals surface area contributed by atoms with Crippen molar-refractivity contribution in [2.45, 2.75) is 25.9 Å². The number of nitrogens with zero attached hydrogens (tertiary/aromatic N) is 2. The van der Waals surface area contributed by atoms with E-state index < -0.39 is 17.6 Å². The van der Waals surface area contributed by atoms with Crippen molar-refractivity contribution in [1.29, 1.82) is 0 Å². The normalized spacial score (nSPS) is 14.6. The highest BCUT2D eigenvalue weighted by Crippen LogP contribution is 2.30. The molecule has 3 rings (SSSR count). The molecular formula is C21H22F3N3O2. The number of hydrogen-bond donors (Lipinski definition) is 1. The molecule has 0 aromatic heterocycles. The lowest BCUT2D eigenvalue weighted by atomic mass is 10.0. The number of anilines is 2. The van der Waals surface area contributed by atoms with Crippen molar-refractivity contribution < 1.29 is 22.8 Å². The monoisotopic (exact) mass is 405 g/mol. The third-order valence-electron chi connectivity index (χ3n) is 4.80. The van der Waals surface area contributed by atoms with Gasteiger partial charge in [0.2, 0.25) is 5.91 Å². The van der Waals surface area contributed by atoms with Gasteiger partial charge in [-0.25, -0.2) is 4.79 Å². The first-order valence-corrected chi connectivity index (χ1v) is 9.28. The Morgan fingerprint density at radius 3 is 2.21 bits per heavy atom. The molecule has 0 radical (unpaired) electrons. The van der Waals surface area contributed by atoms with E-state index in [-0.39, 0.29) is 18.3 Å². The minimum absolute atomic E-state index is 0.166. The molecule has 8 heteroatoms. The highest BCUT2D eigenvalue weighted by Gasteiger charge is 2.31. The van der Waals surface area contributed by atoms with Crippen LogP contribution in [0, 0.1) is 0 Å². The summed E-state index contributed by atoms with van der Waals surface area (Å²) in [6.45, 7) is 4.87. The van der Waals surface area contributed by atoms with Crippen LogP contribution in [0.4, 0.5) is 29.3 Å². The van der Waals surface area contributed by atoms with Gasteiger partial charge in [-0.15, -0.1) is 0 Å². The minimum atomic E-state index is -4.43. The molecular weight excluding hydrogens is 383 g/mol. The Balaban J connectivity index is 1.58. The zero-order valence-electron chi connectivity index (χ0n) is 16.2. The number of hydrogen-bond acceptors (Lipinski definition) is 2. The number of carbonyl (C=O) groups excluding carboxylic acids is 2. The number of urea groups is 1. The van der Waals surface area contributed by atoms with Crippen LogP contribution in [0.1, 0.15) is 30.9 Å². The highest BCUT2D eigenvalue weighted by atomic mass is 19.4. The number of alkyl halides is 3. The minimum Gasteiger partial charge on any atom is -0.325 e. The maximum Gasteiger partial charge on any atom is 0.416 e. The molecule has 2 aromatic carbocycles. The second kappa shape index (κ2) is 8.14. The summed E-state index contributed by atoms with van der Waals surface area (Å²) in [5.41, 5.74) is 1.40. The topological polar surface area (TPSA) is 52.6 Å². The van der Waals surface area contributed by atoms with Gasteiger partial charge in [-0.05, 0) is 47.9 Å². The molecule has 0 bridgehead atoms. The number of nitrogens with one attached hydrogen (secondary N) is 1. The number of halogens is 3. The Bertz CT molecular complexity index is 878. The maximum atomic E-state index is 12.6. The second-order valence-corrected chi connectivity index (χ2v) is 7.23. The van der Waals surface area contributed by atoms with Crippen molar-refractivity contribution in [1.82, 2.24) is 4.90 Å². The number of amides is 3. The molecule has 1 aliphatic heterocycles. The van der Waals surface area contributed by atoms with Gasteiger partial charge in [-0.1, -0.05) is 26.0 Å². The van der Waals surface area contributed by atoms with Gasteiger partial charge in [0.05, 0.1) is 5.56 Å². The summed E-state index contributed by atoms with van der Waals surface area (Å²) in [4.78, 5) is 27.8. The van der Waals surface area contributed by atoms with Crippen molar-refractivity contribution in [3.8, 4) is 0 Å². The molecule has 154 valence electrons. The zero-order chi connectivity index (χ0) is 21.2. The molecule has 1 N–H and O–H groups in total. The van der Waals surface area contributed by atoms with E-state index in [1.807, 2.05) is 24.3 Å². The van der Waals surface area contributed by atoms with E-state index in [0.29, 0.717) is 19.0 Å². The van der Waals surface area contributed by atoms with E-state index in [1.54, 1.807) is 4.90 Å². The summed E-state index contributed by atoms with van der Waals surface area (Å²) in [6, 6.07) is 11.6. The molecule has 29 heavy (non-hydrogen) atoms. The Hall–Kier alpha value is -3.03. The lowest BCUT2D eigenvalue weighted by Gasteiger charge is -2.19. The van der Waals surface area contributed by atoms with Gasteiger partial charge in [0.15, 0.2) is 0 Å². The Morgan fingerprint density at radius 1 is 1.03 bits per heavy atom. The van der Waals surface area contributed by atoms with Crippen LogP contribution < -0.4 is 10.2 Å². The van der Waals surface area contributed by atoms with Gasteiger partial charge in [0.25, 0.3) is 0 Å². The molecule has 1 fully saturated rings. The first-order chi connectivity index (χ1) is 13.6. The molecule has 1 heterocycles. The van der Waals surface area contributed by atoms with Gasteiger partial charge in [-0.2, -0.15) is 13.2 Å². The third kappa shape index (κ3) is 4.88. The van der Waals surface area contributed by atoms with Crippen molar-refractivity contribution >= 4 is 23.3 Å². The van der Waals surface area contributed by atoms with Crippen LogP contribution >= 0.6 is 0 Å². The summed E-state index contributed by atoms with van der Waals surface area (Å²) in [6.07, 6.45) is -4.43. The van der Waals surface area contributed by atoms with Crippen LogP contribution in [0.3, 0.4) is 0 Å². The van der Waals surface area contributed by atoms with E-state index >= 15 is 0 Å². The Labute approximate surface area is 167 Å². The average molecular weight is 405 g/mol. The number of rotatable bonds is 5. The van der Waals surface area contributed by atoms with E-state index in [0.717, 1.165) is 17.8 Å². The van der Waals surface area contributed by atoms with E-state index in [4.69, 9.17) is 0 Å². The van der Waals surface area contributed by atoms with Crippen LogP contribution in [-0.4, -0.2) is 36.5 Å². The predicted molar refractivity (Wildman–Crippen MR) is 105 cm³/mol. The molecule has 0 saturated carbocycles. The predicted octanol–water partition coefficient (Wildman–Crippen LogP) is 4.71. The van der Waals surface area contributed by atoms with E-state index in [1.165, 1.54) is 22.6 Å². The summed E-state index contributed by atoms with van der Waals surface area (Å²) in [5.74, 6) is -0.0705. The van der Waals surface area contributed by atoms with Gasteiger partial charge in [0, 0.05) is 24.5 Å². The van der Waals surface area contributed by atoms with Gasteiger partial charge >= 0.3 is 12.2 Å². The third-order valence-corrected chi connectivity index (χ3v) is 4.80. The first kappa shape index (κ1) is 20.7. The Kier molecular flexibility index (Phi) is 5.81. The lowest BCUT2D eigenvalue weighted by Crippen LogP contribution is -2.37. The SMILES string of the molecule is CC(C)c1ccc(N2CCN(CC(=O)Nc3ccc(C(F)(F)F)cc3)C2=O)cc1. The summed E-state index contributed by atoms with van der Waals surface area (Å²) in [5, 5.41) is 2.52. The van der Waals surface area contributed by atoms with Crippen LogP contribution in [-0.2, 0) is 11.0 Å². The van der Waals surface area contributed by atoms with Crippen molar-refractivity contribution in [3.63, 3.8) is 0 Å². The maximum absolute atomic E-state index is 12.6. The van der Waals surface area contributed by atoms with Crippen LogP contribution in [0.2, 0.25) is 0 Å². The number of benzene rings is 2. The fourth-order valence-electron chi connectivity index (χ4n) is 3.12. The van der Waals surface area contributed by atoms with Gasteiger partial charge < -0.3 is 10.2 Å². The highest BCUT2D eigenvalue weighted by molar-refractivity contribution is 5.99. The van der Waals surface area contributed by atoms with Crippen molar-refractivity contribution in [2.75, 3.05) is 29.9 Å². The molecule has 1 aliphatic rings. The van der Waals surface area contributed by atoms with Crippen LogP contribution in [0.15, 0.2) is 48.5 Å². The largest absolute Gasteiger partial charge is 0.416 e. The van der Waals surface area contributed by atoms with E-state index in [9.17, 15) is 22.8 Å².